The van der Waals surface area contributed by atoms with Crippen molar-refractivity contribution in [1.29, 1.82) is 0 Å². The number of benzene rings is 2. The van der Waals surface area contributed by atoms with E-state index in [2.05, 4.69) is 34.1 Å². The van der Waals surface area contributed by atoms with Crippen LogP contribution in [-0.4, -0.2) is 35.4 Å². The lowest BCUT2D eigenvalue weighted by Crippen LogP contribution is -2.30. The van der Waals surface area contributed by atoms with Crippen LogP contribution in [0.25, 0.3) is 0 Å². The fraction of sp³-hybridized carbons (Fsp3) is 0.176. The van der Waals surface area contributed by atoms with E-state index in [0.717, 1.165) is 25.3 Å². The van der Waals surface area contributed by atoms with E-state index in [9.17, 15) is 29.8 Å². The molecule has 0 radical (unpaired) electrons. The number of carbonyl (C=O) groups excluding carboxylic acids is 2. The van der Waals surface area contributed by atoms with Crippen molar-refractivity contribution in [2.45, 2.75) is 6.92 Å². The van der Waals surface area contributed by atoms with Crippen LogP contribution >= 0.6 is 0 Å². The van der Waals surface area contributed by atoms with Crippen LogP contribution in [0.5, 0.6) is 0 Å². The number of non-ortho nitro benzene ring substituents is 2. The van der Waals surface area contributed by atoms with Gasteiger partial charge in [0.05, 0.1) is 28.6 Å². The molecule has 0 saturated carbocycles. The number of nitrogens with zero attached hydrogens (tertiary/aromatic N) is 2. The Labute approximate surface area is 159 Å². The highest BCUT2D eigenvalue weighted by atomic mass is 17.2. The molecule has 1 N–H and O–H groups in total. The van der Waals surface area contributed by atoms with Crippen molar-refractivity contribution in [2.24, 2.45) is 0 Å². The molecule has 0 aliphatic carbocycles. The monoisotopic (exact) mass is 391 g/mol. The van der Waals surface area contributed by atoms with E-state index >= 15 is 0 Å². The standard InChI is InChI=1S/C10H9N3O8.C7H8/c1-20-21-9(14)5-11-10(15)6-2-7(12(16)17)4-8(3-6)13(18)19;1-7-5-3-2-4-6-7/h2-4H,5H2,1H3,(H,11,15);2-6H,1H3. The van der Waals surface area contributed by atoms with Crippen LogP contribution in [0, 0.1) is 27.2 Å². The van der Waals surface area contributed by atoms with Gasteiger partial charge in [-0.05, 0) is 6.92 Å². The lowest BCUT2D eigenvalue weighted by molar-refractivity contribution is -0.394. The van der Waals surface area contributed by atoms with Gasteiger partial charge in [0.25, 0.3) is 17.3 Å². The van der Waals surface area contributed by atoms with Gasteiger partial charge in [-0.3, -0.25) is 29.9 Å². The normalized spacial score (nSPS) is 9.50. The Bertz CT molecular complexity index is 822. The van der Waals surface area contributed by atoms with Gasteiger partial charge in [0, 0.05) is 12.1 Å². The van der Waals surface area contributed by atoms with Gasteiger partial charge in [-0.1, -0.05) is 35.9 Å². The van der Waals surface area contributed by atoms with E-state index < -0.39 is 39.6 Å². The second-order valence-corrected chi connectivity index (χ2v) is 5.21. The zero-order chi connectivity index (χ0) is 21.1. The summed E-state index contributed by atoms with van der Waals surface area (Å²) in [6, 6.07) is 12.7. The van der Waals surface area contributed by atoms with Gasteiger partial charge >= 0.3 is 5.97 Å². The average molecular weight is 391 g/mol. The molecule has 0 spiro atoms. The Morgan fingerprint density at radius 2 is 1.54 bits per heavy atom. The minimum Gasteiger partial charge on any atom is -0.341 e. The summed E-state index contributed by atoms with van der Waals surface area (Å²) >= 11 is 0. The topological polar surface area (TPSA) is 151 Å². The fourth-order valence-electron chi connectivity index (χ4n) is 1.85. The first-order valence-electron chi connectivity index (χ1n) is 7.71. The molecule has 11 nitrogen and oxygen atoms in total. The first-order valence-corrected chi connectivity index (χ1v) is 7.71. The third-order valence-electron chi connectivity index (χ3n) is 3.10. The van der Waals surface area contributed by atoms with Crippen LogP contribution in [-0.2, 0) is 14.6 Å². The number of amides is 1. The molecule has 0 fully saturated rings. The highest BCUT2D eigenvalue weighted by Crippen LogP contribution is 2.22. The number of hydrogen-bond donors (Lipinski definition) is 1. The lowest BCUT2D eigenvalue weighted by Gasteiger charge is -2.04. The largest absolute Gasteiger partial charge is 0.361 e. The molecule has 2 aromatic carbocycles. The van der Waals surface area contributed by atoms with E-state index in [1.54, 1.807) is 0 Å². The predicted octanol–water partition coefficient (Wildman–Crippen LogP) is 2.33. The molecular formula is C17H17N3O8. The highest BCUT2D eigenvalue weighted by Gasteiger charge is 2.20. The number of aryl methyl sites for hydroxylation is 1. The van der Waals surface area contributed by atoms with Crippen molar-refractivity contribution in [1.82, 2.24) is 5.32 Å². The SMILES string of the molecule is COOC(=O)CNC(=O)c1cc([N+](=O)[O-])cc([N+](=O)[O-])c1.Cc1ccccc1. The van der Waals surface area contributed by atoms with Gasteiger partial charge in [0.1, 0.15) is 6.54 Å². The van der Waals surface area contributed by atoms with Crippen molar-refractivity contribution in [3.8, 4) is 0 Å². The van der Waals surface area contributed by atoms with Crippen LogP contribution < -0.4 is 5.32 Å². The van der Waals surface area contributed by atoms with Gasteiger partial charge < -0.3 is 5.32 Å². The van der Waals surface area contributed by atoms with E-state index in [0.29, 0.717) is 0 Å². The van der Waals surface area contributed by atoms with Crippen LogP contribution in [0.15, 0.2) is 48.5 Å². The second-order valence-electron chi connectivity index (χ2n) is 5.21. The molecule has 148 valence electrons. The highest BCUT2D eigenvalue weighted by molar-refractivity contribution is 5.97. The molecule has 0 aliphatic rings. The Balaban J connectivity index is 0.000000467. The van der Waals surface area contributed by atoms with Gasteiger partial charge in [-0.25, -0.2) is 4.79 Å². The van der Waals surface area contributed by atoms with Crippen molar-refractivity contribution in [3.05, 3.63) is 79.9 Å². The number of carbonyl (C=O) groups is 2. The molecule has 0 atom stereocenters. The van der Waals surface area contributed by atoms with Crippen LogP contribution in [0.4, 0.5) is 11.4 Å². The minimum absolute atomic E-state index is 0.332. The smallest absolute Gasteiger partial charge is 0.341 e. The lowest BCUT2D eigenvalue weighted by atomic mass is 10.1. The molecule has 1 amide bonds. The quantitative estimate of drug-likeness (QED) is 0.447. The fourth-order valence-corrected chi connectivity index (χ4v) is 1.85. The Morgan fingerprint density at radius 1 is 1.00 bits per heavy atom. The molecule has 28 heavy (non-hydrogen) atoms. The second kappa shape index (κ2) is 11.0. The summed E-state index contributed by atoms with van der Waals surface area (Å²) in [5.74, 6) is -1.82. The molecule has 0 unspecified atom stereocenters. The molecule has 11 heteroatoms. The molecule has 2 rings (SSSR count). The van der Waals surface area contributed by atoms with Crippen molar-refractivity contribution < 1.29 is 29.2 Å². The van der Waals surface area contributed by atoms with Crippen molar-refractivity contribution in [3.63, 3.8) is 0 Å². The van der Waals surface area contributed by atoms with Gasteiger partial charge in [0.2, 0.25) is 0 Å². The maximum Gasteiger partial charge on any atom is 0.361 e. The average Bonchev–Trinajstić information content (AvgIpc) is 2.67. The number of hydrogen-bond acceptors (Lipinski definition) is 8. The predicted molar refractivity (Wildman–Crippen MR) is 96.4 cm³/mol. The van der Waals surface area contributed by atoms with Gasteiger partial charge in [-0.2, -0.15) is 4.89 Å². The van der Waals surface area contributed by atoms with E-state index in [4.69, 9.17) is 0 Å². The molecule has 0 heterocycles. The summed E-state index contributed by atoms with van der Waals surface area (Å²) in [6.45, 7) is 1.52. The molecule has 2 aromatic rings. The summed E-state index contributed by atoms with van der Waals surface area (Å²) in [5, 5.41) is 23.4. The molecule has 0 aromatic heterocycles. The van der Waals surface area contributed by atoms with Gasteiger partial charge in [0.15, 0.2) is 0 Å². The first kappa shape index (κ1) is 22.2. The third kappa shape index (κ3) is 7.58. The summed E-state index contributed by atoms with van der Waals surface area (Å²) in [6.07, 6.45) is 0. The number of nitro groups is 2. The number of nitrogens with one attached hydrogen (secondary N) is 1. The number of nitro benzene ring substituents is 2. The zero-order valence-electron chi connectivity index (χ0n) is 15.0. The minimum atomic E-state index is -0.911. The van der Waals surface area contributed by atoms with Crippen molar-refractivity contribution in [2.75, 3.05) is 13.7 Å². The Kier molecular flexibility index (Phi) is 8.70. The molecular weight excluding hydrogens is 374 g/mol. The van der Waals surface area contributed by atoms with Crippen LogP contribution in [0.1, 0.15) is 15.9 Å². The summed E-state index contributed by atoms with van der Waals surface area (Å²) in [4.78, 5) is 50.4. The van der Waals surface area contributed by atoms with Crippen molar-refractivity contribution >= 4 is 23.3 Å². The molecule has 0 bridgehead atoms. The molecule has 0 saturated heterocycles. The van der Waals surface area contributed by atoms with E-state index in [1.165, 1.54) is 5.56 Å². The zero-order valence-corrected chi connectivity index (χ0v) is 15.0. The Hall–Kier alpha value is -3.86. The summed E-state index contributed by atoms with van der Waals surface area (Å²) in [7, 11) is 1.09. The van der Waals surface area contributed by atoms with Gasteiger partial charge in [-0.15, -0.1) is 0 Å². The van der Waals surface area contributed by atoms with Crippen LogP contribution in [0.2, 0.25) is 0 Å². The number of rotatable bonds is 6. The van der Waals surface area contributed by atoms with Crippen LogP contribution in [0.3, 0.4) is 0 Å². The maximum absolute atomic E-state index is 11.7. The summed E-state index contributed by atoms with van der Waals surface area (Å²) < 4.78 is 0. The maximum atomic E-state index is 11.7. The Morgan fingerprint density at radius 3 is 1.93 bits per heavy atom. The third-order valence-corrected chi connectivity index (χ3v) is 3.10. The summed E-state index contributed by atoms with van der Waals surface area (Å²) in [5.41, 5.74) is -0.244. The van der Waals surface area contributed by atoms with E-state index in [-0.39, 0.29) is 5.56 Å². The molecule has 0 aliphatic heterocycles. The first-order chi connectivity index (χ1) is 13.2. The van der Waals surface area contributed by atoms with E-state index in [1.807, 2.05) is 18.2 Å².